The Morgan fingerprint density at radius 1 is 1.43 bits per heavy atom. The molecule has 1 aliphatic heterocycles. The van der Waals surface area contributed by atoms with E-state index in [1.54, 1.807) is 6.20 Å². The van der Waals surface area contributed by atoms with Gasteiger partial charge in [0, 0.05) is 19.3 Å². The molecule has 5 heteroatoms. The Labute approximate surface area is 91.5 Å². The zero-order chi connectivity index (χ0) is 9.97. The third-order valence-corrected chi connectivity index (χ3v) is 3.13. The fourth-order valence-corrected chi connectivity index (χ4v) is 1.85. The maximum absolute atomic E-state index is 6.13. The predicted molar refractivity (Wildman–Crippen MR) is 57.7 cm³/mol. The Morgan fingerprint density at radius 3 is 2.86 bits per heavy atom. The molecule has 14 heavy (non-hydrogen) atoms. The topological polar surface area (TPSA) is 25.4 Å². The molecule has 1 aliphatic rings. The van der Waals surface area contributed by atoms with Crippen LogP contribution in [0.5, 0.6) is 0 Å². The molecule has 0 aromatic carbocycles. The molecule has 3 nitrogen and oxygen atoms in total. The second-order valence-electron chi connectivity index (χ2n) is 3.10. The van der Waals surface area contributed by atoms with Crippen LogP contribution in [0.4, 0.5) is 5.82 Å². The maximum Gasteiger partial charge on any atom is 0.147 e. The highest BCUT2D eigenvalue weighted by molar-refractivity contribution is 6.46. The van der Waals surface area contributed by atoms with Crippen molar-refractivity contribution in [1.82, 2.24) is 4.98 Å². The number of hydrogen-bond acceptors (Lipinski definition) is 3. The van der Waals surface area contributed by atoms with Crippen LogP contribution in [0, 0.1) is 0 Å². The molecule has 1 aromatic heterocycles. The molecule has 0 bridgehead atoms. The van der Waals surface area contributed by atoms with Crippen LogP contribution in [-0.4, -0.2) is 41.5 Å². The van der Waals surface area contributed by atoms with E-state index < -0.39 is 0 Å². The van der Waals surface area contributed by atoms with Crippen molar-refractivity contribution >= 4 is 32.8 Å². The lowest BCUT2D eigenvalue weighted by Crippen LogP contribution is -2.37. The average molecular weight is 226 g/mol. The van der Waals surface area contributed by atoms with Crippen LogP contribution >= 0.6 is 11.6 Å². The Balaban J connectivity index is 2.26. The Hall–Kier alpha value is -0.583. The Kier molecular flexibility index (Phi) is 3.05. The normalized spacial score (nSPS) is 17.1. The summed E-state index contributed by atoms with van der Waals surface area (Å²) in [6.07, 6.45) is 1.75. The molecule has 0 saturated carbocycles. The second-order valence-corrected chi connectivity index (χ2v) is 4.01. The van der Waals surface area contributed by atoms with E-state index in [4.69, 9.17) is 16.3 Å². The summed E-state index contributed by atoms with van der Waals surface area (Å²) in [5.41, 5.74) is 0. The SMILES string of the molecule is [Si]c1ccnc(N2CCOCC2)c1Cl. The van der Waals surface area contributed by atoms with E-state index in [-0.39, 0.29) is 0 Å². The van der Waals surface area contributed by atoms with Gasteiger partial charge in [-0.2, -0.15) is 0 Å². The molecular formula is C9H10ClN2OSi. The number of pyridine rings is 1. The van der Waals surface area contributed by atoms with Crippen molar-refractivity contribution in [1.29, 1.82) is 0 Å². The molecule has 0 spiro atoms. The molecule has 73 valence electrons. The van der Waals surface area contributed by atoms with E-state index in [9.17, 15) is 0 Å². The van der Waals surface area contributed by atoms with Crippen molar-refractivity contribution < 1.29 is 4.74 Å². The molecule has 3 radical (unpaired) electrons. The first kappa shape index (κ1) is 9.95. The van der Waals surface area contributed by atoms with E-state index in [1.165, 1.54) is 0 Å². The molecule has 0 N–H and O–H groups in total. The van der Waals surface area contributed by atoms with E-state index in [0.29, 0.717) is 5.02 Å². The van der Waals surface area contributed by atoms with Crippen LogP contribution in [0.15, 0.2) is 12.3 Å². The van der Waals surface area contributed by atoms with Gasteiger partial charge in [0.25, 0.3) is 0 Å². The van der Waals surface area contributed by atoms with Gasteiger partial charge in [-0.05, 0) is 11.3 Å². The Morgan fingerprint density at radius 2 is 2.14 bits per heavy atom. The molecule has 0 aliphatic carbocycles. The maximum atomic E-state index is 6.13. The van der Waals surface area contributed by atoms with Gasteiger partial charge in [-0.25, -0.2) is 4.98 Å². The number of morpholine rings is 1. The molecule has 1 aromatic rings. The molecule has 0 unspecified atom stereocenters. The third-order valence-electron chi connectivity index (χ3n) is 2.18. The van der Waals surface area contributed by atoms with Crippen molar-refractivity contribution in [2.45, 2.75) is 0 Å². The number of halogens is 1. The monoisotopic (exact) mass is 225 g/mol. The Bertz CT molecular complexity index is 329. The van der Waals surface area contributed by atoms with Gasteiger partial charge in [-0.3, -0.25) is 0 Å². The lowest BCUT2D eigenvalue weighted by molar-refractivity contribution is 0.122. The van der Waals surface area contributed by atoms with Gasteiger partial charge >= 0.3 is 0 Å². The van der Waals surface area contributed by atoms with Gasteiger partial charge in [0.1, 0.15) is 5.82 Å². The third kappa shape index (κ3) is 1.92. The van der Waals surface area contributed by atoms with E-state index >= 15 is 0 Å². The van der Waals surface area contributed by atoms with Gasteiger partial charge in [-0.15, -0.1) is 0 Å². The first-order valence-electron chi connectivity index (χ1n) is 4.48. The second kappa shape index (κ2) is 4.29. The van der Waals surface area contributed by atoms with E-state index in [0.717, 1.165) is 37.3 Å². The van der Waals surface area contributed by atoms with Gasteiger partial charge in [0.15, 0.2) is 0 Å². The lowest BCUT2D eigenvalue weighted by Gasteiger charge is -2.28. The minimum atomic E-state index is 0.672. The highest BCUT2D eigenvalue weighted by Gasteiger charge is 2.15. The summed E-state index contributed by atoms with van der Waals surface area (Å²) in [6.45, 7) is 3.18. The number of hydrogen-bond donors (Lipinski definition) is 0. The van der Waals surface area contributed by atoms with Crippen LogP contribution in [0.1, 0.15) is 0 Å². The van der Waals surface area contributed by atoms with Crippen molar-refractivity contribution in [2.24, 2.45) is 0 Å². The summed E-state index contributed by atoms with van der Waals surface area (Å²) < 4.78 is 5.27. The highest BCUT2D eigenvalue weighted by atomic mass is 35.5. The zero-order valence-electron chi connectivity index (χ0n) is 7.66. The largest absolute Gasteiger partial charge is 0.378 e. The van der Waals surface area contributed by atoms with Crippen LogP contribution in [0.25, 0.3) is 0 Å². The minimum Gasteiger partial charge on any atom is -0.378 e. The molecule has 1 saturated heterocycles. The van der Waals surface area contributed by atoms with Crippen LogP contribution < -0.4 is 10.1 Å². The van der Waals surface area contributed by atoms with Crippen molar-refractivity contribution in [3.05, 3.63) is 17.3 Å². The number of nitrogens with zero attached hydrogens (tertiary/aromatic N) is 2. The van der Waals surface area contributed by atoms with Crippen molar-refractivity contribution in [3.63, 3.8) is 0 Å². The first-order valence-corrected chi connectivity index (χ1v) is 5.35. The lowest BCUT2D eigenvalue weighted by atomic mass is 10.3. The summed E-state index contributed by atoms with van der Waals surface area (Å²) in [4.78, 5) is 6.40. The fraction of sp³-hybridized carbons (Fsp3) is 0.444. The van der Waals surface area contributed by atoms with E-state index in [2.05, 4.69) is 20.1 Å². The number of aromatic nitrogens is 1. The molecule has 0 atom stereocenters. The number of rotatable bonds is 1. The quantitative estimate of drug-likeness (QED) is 0.646. The van der Waals surface area contributed by atoms with Gasteiger partial charge in [0.05, 0.1) is 28.5 Å². The van der Waals surface area contributed by atoms with Gasteiger partial charge in [-0.1, -0.05) is 11.6 Å². The van der Waals surface area contributed by atoms with Gasteiger partial charge < -0.3 is 9.64 Å². The smallest absolute Gasteiger partial charge is 0.147 e. The molecule has 0 amide bonds. The fourth-order valence-electron chi connectivity index (χ4n) is 1.43. The van der Waals surface area contributed by atoms with Gasteiger partial charge in [0.2, 0.25) is 0 Å². The summed E-state index contributed by atoms with van der Waals surface area (Å²) in [6, 6.07) is 1.84. The van der Waals surface area contributed by atoms with Crippen LogP contribution in [0.3, 0.4) is 0 Å². The van der Waals surface area contributed by atoms with Crippen molar-refractivity contribution in [3.8, 4) is 0 Å². The van der Waals surface area contributed by atoms with Crippen LogP contribution in [0.2, 0.25) is 5.02 Å². The average Bonchev–Trinajstić information content (AvgIpc) is 2.23. The summed E-state index contributed by atoms with van der Waals surface area (Å²) in [7, 11) is 3.43. The highest BCUT2D eigenvalue weighted by Crippen LogP contribution is 2.20. The van der Waals surface area contributed by atoms with Crippen molar-refractivity contribution in [2.75, 3.05) is 31.2 Å². The first-order chi connectivity index (χ1) is 6.79. The summed E-state index contributed by atoms with van der Waals surface area (Å²) in [5, 5.41) is 1.55. The van der Waals surface area contributed by atoms with E-state index in [1.807, 2.05) is 6.07 Å². The summed E-state index contributed by atoms with van der Waals surface area (Å²) in [5.74, 6) is 0.836. The standard InChI is InChI=1S/C9H10ClN2OSi/c10-8-7(14)1-2-11-9(8)12-3-5-13-6-4-12/h1-2H,3-6H2. The molecular weight excluding hydrogens is 216 g/mol. The zero-order valence-corrected chi connectivity index (χ0v) is 9.42. The molecule has 1 fully saturated rings. The summed E-state index contributed by atoms with van der Waals surface area (Å²) >= 11 is 6.13. The van der Waals surface area contributed by atoms with Crippen LogP contribution in [-0.2, 0) is 4.74 Å². The number of anilines is 1. The molecule has 2 heterocycles. The minimum absolute atomic E-state index is 0.672. The molecule has 2 rings (SSSR count). The predicted octanol–water partition coefficient (Wildman–Crippen LogP) is 0.365. The number of ether oxygens (including phenoxy) is 1.